The molecular weight excluding hydrogens is 329 g/mol. The number of benzene rings is 1. The standard InChI is InChI=1S/C9H10BrCl2N5/c1-3-4(11)2-5(6(10)7(3)12)16-9(15)17-8(13)14/h2H,1H3,(H6,13,14,15,16,17). The number of nitrogens with two attached hydrogens (primary N) is 3. The normalized spacial score (nSPS) is 11.4. The largest absolute Gasteiger partial charge is 0.370 e. The van der Waals surface area contributed by atoms with Crippen LogP contribution in [0.25, 0.3) is 0 Å². The van der Waals surface area contributed by atoms with Crippen LogP contribution >= 0.6 is 39.1 Å². The van der Waals surface area contributed by atoms with E-state index in [4.69, 9.17) is 40.4 Å². The zero-order chi connectivity index (χ0) is 13.2. The lowest BCUT2D eigenvalue weighted by Crippen LogP contribution is -2.26. The maximum absolute atomic E-state index is 6.05. The molecule has 0 aromatic heterocycles. The Labute approximate surface area is 117 Å². The van der Waals surface area contributed by atoms with Gasteiger partial charge in [-0.3, -0.25) is 0 Å². The van der Waals surface area contributed by atoms with Crippen LogP contribution in [0.15, 0.2) is 20.5 Å². The van der Waals surface area contributed by atoms with Gasteiger partial charge in [-0.1, -0.05) is 23.2 Å². The monoisotopic (exact) mass is 337 g/mol. The summed E-state index contributed by atoms with van der Waals surface area (Å²) in [6.45, 7) is 1.79. The predicted molar refractivity (Wildman–Crippen MR) is 76.0 cm³/mol. The summed E-state index contributed by atoms with van der Waals surface area (Å²) in [5, 5.41) is 0.947. The third-order valence-electron chi connectivity index (χ3n) is 1.85. The Hall–Kier alpha value is -0.980. The highest BCUT2D eigenvalue weighted by molar-refractivity contribution is 9.10. The van der Waals surface area contributed by atoms with E-state index < -0.39 is 0 Å². The molecule has 8 heteroatoms. The topological polar surface area (TPSA) is 103 Å². The number of guanidine groups is 2. The zero-order valence-corrected chi connectivity index (χ0v) is 11.9. The molecular formula is C9H10BrCl2N5. The third-order valence-corrected chi connectivity index (χ3v) is 3.74. The second kappa shape index (κ2) is 5.57. The Bertz CT molecular complexity index is 509. The van der Waals surface area contributed by atoms with Crippen molar-refractivity contribution in [2.75, 3.05) is 0 Å². The molecule has 1 aromatic carbocycles. The Kier molecular flexibility index (Phi) is 4.62. The molecule has 0 unspecified atom stereocenters. The van der Waals surface area contributed by atoms with Crippen molar-refractivity contribution in [3.63, 3.8) is 0 Å². The first-order valence-corrected chi connectivity index (χ1v) is 5.95. The van der Waals surface area contributed by atoms with Crippen LogP contribution in [-0.4, -0.2) is 11.9 Å². The van der Waals surface area contributed by atoms with Gasteiger partial charge in [0, 0.05) is 5.02 Å². The molecule has 0 aliphatic carbocycles. The Morgan fingerprint density at radius 1 is 1.29 bits per heavy atom. The molecule has 0 spiro atoms. The number of hydrogen-bond acceptors (Lipinski definition) is 1. The van der Waals surface area contributed by atoms with E-state index in [-0.39, 0.29) is 11.9 Å². The van der Waals surface area contributed by atoms with Crippen molar-refractivity contribution in [3.8, 4) is 0 Å². The summed E-state index contributed by atoms with van der Waals surface area (Å²) in [6.07, 6.45) is 0. The lowest BCUT2D eigenvalue weighted by atomic mass is 10.2. The molecule has 0 amide bonds. The van der Waals surface area contributed by atoms with Gasteiger partial charge < -0.3 is 17.2 Å². The maximum Gasteiger partial charge on any atom is 0.223 e. The van der Waals surface area contributed by atoms with Crippen LogP contribution in [0, 0.1) is 6.92 Å². The van der Waals surface area contributed by atoms with Gasteiger partial charge in [0.15, 0.2) is 5.96 Å². The van der Waals surface area contributed by atoms with Gasteiger partial charge in [0.05, 0.1) is 15.2 Å². The van der Waals surface area contributed by atoms with Gasteiger partial charge in [-0.15, -0.1) is 0 Å². The van der Waals surface area contributed by atoms with E-state index in [0.717, 1.165) is 5.56 Å². The minimum absolute atomic E-state index is 0.0818. The molecule has 0 aliphatic rings. The number of nitrogens with zero attached hydrogens (tertiary/aromatic N) is 2. The van der Waals surface area contributed by atoms with Gasteiger partial charge in [0.1, 0.15) is 0 Å². The van der Waals surface area contributed by atoms with Crippen molar-refractivity contribution >= 4 is 56.7 Å². The lowest BCUT2D eigenvalue weighted by Gasteiger charge is -2.07. The van der Waals surface area contributed by atoms with Gasteiger partial charge >= 0.3 is 0 Å². The van der Waals surface area contributed by atoms with E-state index in [1.54, 1.807) is 13.0 Å². The fourth-order valence-electron chi connectivity index (χ4n) is 1.04. The van der Waals surface area contributed by atoms with Gasteiger partial charge in [-0.25, -0.2) is 4.99 Å². The molecule has 0 saturated heterocycles. The summed E-state index contributed by atoms with van der Waals surface area (Å²) in [6, 6.07) is 1.61. The molecule has 0 atom stereocenters. The van der Waals surface area contributed by atoms with E-state index >= 15 is 0 Å². The first-order valence-electron chi connectivity index (χ1n) is 4.40. The average molecular weight is 339 g/mol. The first kappa shape index (κ1) is 14.1. The van der Waals surface area contributed by atoms with Gasteiger partial charge in [-0.2, -0.15) is 4.99 Å². The lowest BCUT2D eigenvalue weighted by molar-refractivity contribution is 1.35. The smallest absolute Gasteiger partial charge is 0.223 e. The molecule has 5 nitrogen and oxygen atoms in total. The number of aliphatic imine (C=N–C) groups is 2. The summed E-state index contributed by atoms with van der Waals surface area (Å²) < 4.78 is 0.579. The van der Waals surface area contributed by atoms with Crippen LogP contribution in [0.4, 0.5) is 5.69 Å². The molecule has 0 radical (unpaired) electrons. The fraction of sp³-hybridized carbons (Fsp3) is 0.111. The molecule has 0 saturated carbocycles. The van der Waals surface area contributed by atoms with Crippen LogP contribution in [0.5, 0.6) is 0 Å². The molecule has 1 rings (SSSR count). The molecule has 0 aliphatic heterocycles. The molecule has 17 heavy (non-hydrogen) atoms. The number of hydrogen-bond donors (Lipinski definition) is 3. The molecule has 92 valence electrons. The van der Waals surface area contributed by atoms with Crippen molar-refractivity contribution in [2.24, 2.45) is 27.2 Å². The molecule has 6 N–H and O–H groups in total. The molecule has 0 fully saturated rings. The van der Waals surface area contributed by atoms with Crippen molar-refractivity contribution in [3.05, 3.63) is 26.1 Å². The van der Waals surface area contributed by atoms with Crippen molar-refractivity contribution < 1.29 is 0 Å². The van der Waals surface area contributed by atoms with Gasteiger partial charge in [0.2, 0.25) is 5.96 Å². The minimum Gasteiger partial charge on any atom is -0.370 e. The number of rotatable bonds is 1. The van der Waals surface area contributed by atoms with Crippen LogP contribution in [-0.2, 0) is 0 Å². The van der Waals surface area contributed by atoms with Crippen LogP contribution in [0.2, 0.25) is 10.0 Å². The van der Waals surface area contributed by atoms with Crippen molar-refractivity contribution in [1.29, 1.82) is 0 Å². The molecule has 1 aromatic rings. The second-order valence-electron chi connectivity index (χ2n) is 3.14. The average Bonchev–Trinajstić information content (AvgIpc) is 2.21. The highest BCUT2D eigenvalue weighted by Gasteiger charge is 2.11. The number of halogens is 3. The van der Waals surface area contributed by atoms with E-state index in [0.29, 0.717) is 20.2 Å². The van der Waals surface area contributed by atoms with Gasteiger partial charge in [-0.05, 0) is 34.5 Å². The van der Waals surface area contributed by atoms with Gasteiger partial charge in [0.25, 0.3) is 0 Å². The minimum atomic E-state index is -0.174. The maximum atomic E-state index is 6.05. The summed E-state index contributed by atoms with van der Waals surface area (Å²) in [4.78, 5) is 7.58. The van der Waals surface area contributed by atoms with E-state index in [1.165, 1.54) is 0 Å². The first-order chi connectivity index (χ1) is 7.82. The third kappa shape index (κ3) is 3.49. The summed E-state index contributed by atoms with van der Waals surface area (Å²) >= 11 is 15.3. The highest BCUT2D eigenvalue weighted by atomic mass is 79.9. The SMILES string of the molecule is Cc1c(Cl)cc(N=C(N)N=C(N)N)c(Br)c1Cl. The van der Waals surface area contributed by atoms with Crippen LogP contribution in [0.1, 0.15) is 5.56 Å². The van der Waals surface area contributed by atoms with Crippen LogP contribution in [0.3, 0.4) is 0 Å². The Morgan fingerprint density at radius 2 is 1.88 bits per heavy atom. The quantitative estimate of drug-likeness (QED) is 0.415. The summed E-state index contributed by atoms with van der Waals surface area (Å²) in [7, 11) is 0. The predicted octanol–water partition coefficient (Wildman–Crippen LogP) is 2.28. The highest BCUT2D eigenvalue weighted by Crippen LogP contribution is 2.38. The zero-order valence-electron chi connectivity index (χ0n) is 8.84. The van der Waals surface area contributed by atoms with E-state index in [2.05, 4.69) is 25.9 Å². The molecule has 0 heterocycles. The van der Waals surface area contributed by atoms with Crippen molar-refractivity contribution in [1.82, 2.24) is 0 Å². The Balaban J connectivity index is 3.30. The fourth-order valence-corrected chi connectivity index (χ4v) is 1.98. The van der Waals surface area contributed by atoms with Crippen LogP contribution < -0.4 is 17.2 Å². The van der Waals surface area contributed by atoms with E-state index in [9.17, 15) is 0 Å². The van der Waals surface area contributed by atoms with Crippen molar-refractivity contribution in [2.45, 2.75) is 6.92 Å². The van der Waals surface area contributed by atoms with E-state index in [1.807, 2.05) is 0 Å². The Morgan fingerprint density at radius 3 is 2.41 bits per heavy atom. The summed E-state index contributed by atoms with van der Waals surface area (Å²) in [5.74, 6) is -0.256. The molecule has 0 bridgehead atoms. The summed E-state index contributed by atoms with van der Waals surface area (Å²) in [5.41, 5.74) is 17.1. The second-order valence-corrected chi connectivity index (χ2v) is 4.72.